The van der Waals surface area contributed by atoms with Crippen molar-refractivity contribution >= 4 is 43.6 Å². The van der Waals surface area contributed by atoms with Crippen LogP contribution in [0.3, 0.4) is 0 Å². The number of aromatic nitrogens is 2. The van der Waals surface area contributed by atoms with Crippen molar-refractivity contribution in [1.29, 1.82) is 0 Å². The topological polar surface area (TPSA) is 38.9 Å². The average molecular weight is 575 g/mol. The van der Waals surface area contributed by atoms with Crippen LogP contribution in [0.15, 0.2) is 162 Å². The van der Waals surface area contributed by atoms with Gasteiger partial charge in [-0.2, -0.15) is 0 Å². The third-order valence-corrected chi connectivity index (χ3v) is 8.71. The zero-order valence-corrected chi connectivity index (χ0v) is 24.3. The molecule has 0 bridgehead atoms. The van der Waals surface area contributed by atoms with E-state index in [1.165, 1.54) is 16.7 Å². The van der Waals surface area contributed by atoms with Gasteiger partial charge in [-0.3, -0.25) is 0 Å². The van der Waals surface area contributed by atoms with Crippen molar-refractivity contribution in [3.05, 3.63) is 158 Å². The van der Waals surface area contributed by atoms with Gasteiger partial charge in [0.25, 0.3) is 0 Å². The van der Waals surface area contributed by atoms with Crippen LogP contribution >= 0.6 is 0 Å². The number of para-hydroxylation sites is 2. The summed E-state index contributed by atoms with van der Waals surface area (Å²) in [6, 6.07) is 55.0. The average Bonchev–Trinajstić information content (AvgIpc) is 3.51. The summed E-state index contributed by atoms with van der Waals surface area (Å²) in [4.78, 5) is 10.3. The van der Waals surface area contributed by atoms with Gasteiger partial charge in [-0.25, -0.2) is 9.97 Å². The number of fused-ring (bicyclic) bond motifs is 6. The molecule has 7 aromatic carbocycles. The zero-order chi connectivity index (χ0) is 29.7. The predicted molar refractivity (Wildman–Crippen MR) is 186 cm³/mol. The summed E-state index contributed by atoms with van der Waals surface area (Å²) in [6.07, 6.45) is 0. The second kappa shape index (κ2) is 10.3. The van der Waals surface area contributed by atoms with Gasteiger partial charge in [0.05, 0.1) is 11.2 Å². The Labute approximate surface area is 260 Å². The van der Waals surface area contributed by atoms with Crippen molar-refractivity contribution in [2.45, 2.75) is 0 Å². The first kappa shape index (κ1) is 25.4. The molecule has 0 atom stereocenters. The van der Waals surface area contributed by atoms with Crippen LogP contribution < -0.4 is 0 Å². The van der Waals surface area contributed by atoms with Gasteiger partial charge in [0.15, 0.2) is 5.82 Å². The highest BCUT2D eigenvalue weighted by Gasteiger charge is 2.16. The highest BCUT2D eigenvalue weighted by molar-refractivity contribution is 6.17. The molecule has 0 unspecified atom stereocenters. The molecular weight excluding hydrogens is 548 g/mol. The van der Waals surface area contributed by atoms with Crippen molar-refractivity contribution in [2.75, 3.05) is 0 Å². The Hall–Kier alpha value is -6.06. The van der Waals surface area contributed by atoms with Gasteiger partial charge in [-0.1, -0.05) is 133 Å². The van der Waals surface area contributed by atoms with Crippen LogP contribution in [0.2, 0.25) is 0 Å². The van der Waals surface area contributed by atoms with Gasteiger partial charge in [0, 0.05) is 32.7 Å². The molecule has 9 rings (SSSR count). The number of hydrogen-bond acceptors (Lipinski definition) is 3. The lowest BCUT2D eigenvalue weighted by atomic mass is 9.97. The van der Waals surface area contributed by atoms with Crippen molar-refractivity contribution in [2.24, 2.45) is 0 Å². The fourth-order valence-electron chi connectivity index (χ4n) is 6.48. The Morgan fingerprint density at radius 2 is 0.978 bits per heavy atom. The number of benzene rings is 7. The van der Waals surface area contributed by atoms with Crippen LogP contribution in [0.25, 0.3) is 88.5 Å². The molecule has 0 radical (unpaired) electrons. The largest absolute Gasteiger partial charge is 0.455 e. The van der Waals surface area contributed by atoms with Gasteiger partial charge in [-0.15, -0.1) is 0 Å². The molecule has 0 aliphatic heterocycles. The third-order valence-electron chi connectivity index (χ3n) is 8.71. The fraction of sp³-hybridized carbons (Fsp3) is 0. The number of hydrogen-bond donors (Lipinski definition) is 0. The minimum Gasteiger partial charge on any atom is -0.455 e. The molecule has 210 valence electrons. The highest BCUT2D eigenvalue weighted by Crippen LogP contribution is 2.38. The molecule has 0 spiro atoms. The summed E-state index contributed by atoms with van der Waals surface area (Å²) in [5, 5.41) is 5.39. The molecule has 45 heavy (non-hydrogen) atoms. The molecule has 0 saturated carbocycles. The second-order valence-corrected chi connectivity index (χ2v) is 11.4. The molecule has 3 nitrogen and oxygen atoms in total. The summed E-state index contributed by atoms with van der Waals surface area (Å²) in [5.41, 5.74) is 10.4. The van der Waals surface area contributed by atoms with Crippen molar-refractivity contribution in [1.82, 2.24) is 9.97 Å². The first-order valence-electron chi connectivity index (χ1n) is 15.2. The van der Waals surface area contributed by atoms with Gasteiger partial charge >= 0.3 is 0 Å². The molecule has 9 aromatic rings. The van der Waals surface area contributed by atoms with Crippen LogP contribution in [0.1, 0.15) is 0 Å². The highest BCUT2D eigenvalue weighted by atomic mass is 16.3. The Morgan fingerprint density at radius 3 is 1.84 bits per heavy atom. The fourth-order valence-corrected chi connectivity index (χ4v) is 6.48. The predicted octanol–water partition coefficient (Wildman–Crippen LogP) is 11.4. The number of furan rings is 1. The summed E-state index contributed by atoms with van der Waals surface area (Å²) < 4.78 is 6.37. The normalized spacial score (nSPS) is 11.6. The van der Waals surface area contributed by atoms with E-state index >= 15 is 0 Å². The lowest BCUT2D eigenvalue weighted by Gasteiger charge is -2.12. The molecule has 3 heteroatoms. The minimum atomic E-state index is 0.697. The monoisotopic (exact) mass is 574 g/mol. The Morgan fingerprint density at radius 1 is 0.378 bits per heavy atom. The molecule has 0 aliphatic carbocycles. The maximum Gasteiger partial charge on any atom is 0.161 e. The second-order valence-electron chi connectivity index (χ2n) is 11.4. The molecule has 2 aromatic heterocycles. The summed E-state index contributed by atoms with van der Waals surface area (Å²) in [7, 11) is 0. The minimum absolute atomic E-state index is 0.697. The molecule has 0 N–H and O–H groups in total. The van der Waals surface area contributed by atoms with E-state index < -0.39 is 0 Å². The van der Waals surface area contributed by atoms with E-state index in [0.29, 0.717) is 5.82 Å². The van der Waals surface area contributed by atoms with E-state index in [0.717, 1.165) is 66.0 Å². The number of nitrogens with zero attached hydrogens (tertiary/aromatic N) is 2. The Bertz CT molecular complexity index is 2530. The maximum absolute atomic E-state index is 6.37. The summed E-state index contributed by atoms with van der Waals surface area (Å²) in [5.74, 6) is 0.697. The van der Waals surface area contributed by atoms with Gasteiger partial charge in [-0.05, 0) is 51.9 Å². The van der Waals surface area contributed by atoms with Crippen LogP contribution in [-0.2, 0) is 0 Å². The Kier molecular flexibility index (Phi) is 5.82. The first-order valence-corrected chi connectivity index (χ1v) is 15.2. The summed E-state index contributed by atoms with van der Waals surface area (Å²) in [6.45, 7) is 0. The van der Waals surface area contributed by atoms with Crippen LogP contribution in [-0.4, -0.2) is 9.97 Å². The molecular formula is C42H26N2O. The van der Waals surface area contributed by atoms with Crippen molar-refractivity contribution < 1.29 is 4.42 Å². The zero-order valence-electron chi connectivity index (χ0n) is 24.3. The summed E-state index contributed by atoms with van der Waals surface area (Å²) >= 11 is 0. The standard InChI is InChI=1S/C42H26N2O/c1-2-10-27(11-3-1)28-20-22-29(23-21-28)30-12-8-13-31(26-30)40-37-15-4-6-18-38(37)43-42(44-40)36-17-9-16-34-32(36)24-25-35-33-14-5-7-19-39(33)45-41(34)35/h1-26H. The molecule has 2 heterocycles. The quantitative estimate of drug-likeness (QED) is 0.210. The molecule has 0 fully saturated rings. The molecule has 0 saturated heterocycles. The molecule has 0 aliphatic rings. The van der Waals surface area contributed by atoms with Crippen LogP contribution in [0, 0.1) is 0 Å². The van der Waals surface area contributed by atoms with Gasteiger partial charge in [0.1, 0.15) is 11.2 Å². The van der Waals surface area contributed by atoms with Gasteiger partial charge < -0.3 is 4.42 Å². The smallest absolute Gasteiger partial charge is 0.161 e. The first-order chi connectivity index (χ1) is 22.3. The van der Waals surface area contributed by atoms with Crippen molar-refractivity contribution in [3.8, 4) is 44.9 Å². The Balaban J connectivity index is 1.19. The van der Waals surface area contributed by atoms with Crippen LogP contribution in [0.5, 0.6) is 0 Å². The van der Waals surface area contributed by atoms with Crippen LogP contribution in [0.4, 0.5) is 0 Å². The van der Waals surface area contributed by atoms with E-state index in [9.17, 15) is 0 Å². The van der Waals surface area contributed by atoms with E-state index in [-0.39, 0.29) is 0 Å². The van der Waals surface area contributed by atoms with Gasteiger partial charge in [0.2, 0.25) is 0 Å². The van der Waals surface area contributed by atoms with E-state index in [1.54, 1.807) is 0 Å². The van der Waals surface area contributed by atoms with E-state index in [2.05, 4.69) is 133 Å². The third kappa shape index (κ3) is 4.29. The van der Waals surface area contributed by atoms with E-state index in [4.69, 9.17) is 14.4 Å². The lowest BCUT2D eigenvalue weighted by Crippen LogP contribution is -1.96. The maximum atomic E-state index is 6.37. The van der Waals surface area contributed by atoms with E-state index in [1.807, 2.05) is 24.3 Å². The SMILES string of the molecule is c1ccc(-c2ccc(-c3cccc(-c4nc(-c5cccc6c5ccc5c7ccccc7oc65)nc5ccccc45)c3)cc2)cc1. The van der Waals surface area contributed by atoms with Crippen molar-refractivity contribution in [3.63, 3.8) is 0 Å². The molecule has 0 amide bonds. The number of rotatable bonds is 4. The lowest BCUT2D eigenvalue weighted by molar-refractivity contribution is 0.672.